The van der Waals surface area contributed by atoms with E-state index in [0.29, 0.717) is 11.3 Å². The van der Waals surface area contributed by atoms with Gasteiger partial charge in [-0.2, -0.15) is 0 Å². The molecule has 4 aromatic rings. The van der Waals surface area contributed by atoms with Crippen molar-refractivity contribution < 1.29 is 14.3 Å². The van der Waals surface area contributed by atoms with Crippen LogP contribution in [0.4, 0.5) is 0 Å². The van der Waals surface area contributed by atoms with Crippen molar-refractivity contribution in [1.82, 2.24) is 25.3 Å². The van der Waals surface area contributed by atoms with Crippen LogP contribution in [0.5, 0.6) is 0 Å². The highest BCUT2D eigenvalue weighted by molar-refractivity contribution is 7.14. The van der Waals surface area contributed by atoms with Gasteiger partial charge >= 0.3 is 5.97 Å². The van der Waals surface area contributed by atoms with Crippen LogP contribution in [0.2, 0.25) is 0 Å². The molecular formula is C23H21N5O3S2. The van der Waals surface area contributed by atoms with Crippen molar-refractivity contribution >= 4 is 34.6 Å². The Morgan fingerprint density at radius 3 is 2.09 bits per heavy atom. The van der Waals surface area contributed by atoms with Crippen LogP contribution in [0.3, 0.4) is 0 Å². The van der Waals surface area contributed by atoms with E-state index in [2.05, 4.69) is 25.3 Å². The van der Waals surface area contributed by atoms with Crippen LogP contribution in [0, 0.1) is 5.92 Å². The smallest absolute Gasteiger partial charge is 0.328 e. The number of aromatic nitrogens is 4. The fraction of sp³-hybridized carbons (Fsp3) is 0.217. The molecule has 10 heteroatoms. The average molecular weight is 480 g/mol. The lowest BCUT2D eigenvalue weighted by Gasteiger charge is -2.19. The minimum Gasteiger partial charge on any atom is -0.467 e. The van der Waals surface area contributed by atoms with Crippen LogP contribution in [0.15, 0.2) is 53.5 Å². The topological polar surface area (TPSA) is 107 Å². The third kappa shape index (κ3) is 5.12. The number of carbonyl (C=O) groups is 2. The highest BCUT2D eigenvalue weighted by Crippen LogP contribution is 2.31. The van der Waals surface area contributed by atoms with E-state index in [1.54, 1.807) is 18.3 Å². The number of carbonyl (C=O) groups excluding carboxylic acids is 2. The standard InChI is InChI=1S/C23H21N5O3S2/c1-13(2)19(23(30)31-3)28-20(29)14-7-8-16(25-10-14)22-27-18(12-33-22)17-11-32-21(26-17)15-6-4-5-9-24-15/h4-13,19H,1-3H3,(H,28,29)/t19-/m0/s1. The number of nitrogens with one attached hydrogen (secondary N) is 1. The molecule has 4 aromatic heterocycles. The molecule has 168 valence electrons. The predicted molar refractivity (Wildman–Crippen MR) is 128 cm³/mol. The molecule has 0 saturated heterocycles. The summed E-state index contributed by atoms with van der Waals surface area (Å²) in [6.07, 6.45) is 3.22. The first-order valence-electron chi connectivity index (χ1n) is 10.1. The number of esters is 1. The Labute approximate surface area is 198 Å². The lowest BCUT2D eigenvalue weighted by Crippen LogP contribution is -2.45. The second kappa shape index (κ2) is 9.97. The monoisotopic (exact) mass is 479 g/mol. The van der Waals surface area contributed by atoms with Gasteiger partial charge < -0.3 is 10.1 Å². The molecule has 0 aromatic carbocycles. The Hall–Kier alpha value is -3.50. The fourth-order valence-corrected chi connectivity index (χ4v) is 4.59. The second-order valence-corrected chi connectivity index (χ2v) is 9.16. The molecule has 0 radical (unpaired) electrons. The Balaban J connectivity index is 1.48. The first kappa shape index (κ1) is 22.7. The molecule has 1 N–H and O–H groups in total. The normalized spacial score (nSPS) is 11.9. The van der Waals surface area contributed by atoms with E-state index in [1.807, 2.05) is 42.8 Å². The van der Waals surface area contributed by atoms with E-state index in [1.165, 1.54) is 36.0 Å². The maximum absolute atomic E-state index is 12.6. The van der Waals surface area contributed by atoms with E-state index in [9.17, 15) is 9.59 Å². The highest BCUT2D eigenvalue weighted by Gasteiger charge is 2.25. The molecule has 1 amide bonds. The van der Waals surface area contributed by atoms with Gasteiger partial charge in [-0.3, -0.25) is 14.8 Å². The summed E-state index contributed by atoms with van der Waals surface area (Å²) in [5.74, 6) is -0.972. The molecule has 1 atom stereocenters. The van der Waals surface area contributed by atoms with E-state index < -0.39 is 12.0 Å². The van der Waals surface area contributed by atoms with Gasteiger partial charge in [0.15, 0.2) is 0 Å². The summed E-state index contributed by atoms with van der Waals surface area (Å²) in [7, 11) is 1.30. The molecular weight excluding hydrogens is 458 g/mol. The van der Waals surface area contributed by atoms with Crippen molar-refractivity contribution in [1.29, 1.82) is 0 Å². The highest BCUT2D eigenvalue weighted by atomic mass is 32.1. The molecule has 8 nitrogen and oxygen atoms in total. The third-order valence-electron chi connectivity index (χ3n) is 4.81. The van der Waals surface area contributed by atoms with E-state index in [-0.39, 0.29) is 11.8 Å². The molecule has 33 heavy (non-hydrogen) atoms. The molecule has 0 spiro atoms. The lowest BCUT2D eigenvalue weighted by molar-refractivity contribution is -0.144. The van der Waals surface area contributed by atoms with Crippen molar-refractivity contribution in [3.05, 3.63) is 59.0 Å². The zero-order valence-electron chi connectivity index (χ0n) is 18.2. The zero-order chi connectivity index (χ0) is 23.4. The van der Waals surface area contributed by atoms with Gasteiger partial charge in [0.05, 0.1) is 24.1 Å². The number of ether oxygens (including phenoxy) is 1. The van der Waals surface area contributed by atoms with E-state index in [0.717, 1.165) is 27.1 Å². The van der Waals surface area contributed by atoms with E-state index in [4.69, 9.17) is 4.74 Å². The number of thiazole rings is 2. The van der Waals surface area contributed by atoms with Gasteiger partial charge in [0.25, 0.3) is 5.91 Å². The summed E-state index contributed by atoms with van der Waals surface area (Å²) < 4.78 is 4.77. The van der Waals surface area contributed by atoms with Gasteiger partial charge in [-0.1, -0.05) is 19.9 Å². The number of amides is 1. The maximum Gasteiger partial charge on any atom is 0.328 e. The van der Waals surface area contributed by atoms with Gasteiger partial charge in [-0.05, 0) is 30.2 Å². The van der Waals surface area contributed by atoms with Crippen LogP contribution >= 0.6 is 22.7 Å². The first-order chi connectivity index (χ1) is 16.0. The summed E-state index contributed by atoms with van der Waals surface area (Å²) in [5, 5.41) is 8.14. The fourth-order valence-electron chi connectivity index (χ4n) is 3.01. The minimum absolute atomic E-state index is 0.105. The number of hydrogen-bond donors (Lipinski definition) is 1. The number of rotatable bonds is 7. The van der Waals surface area contributed by atoms with Crippen LogP contribution in [0.1, 0.15) is 24.2 Å². The molecule has 0 aliphatic carbocycles. The molecule has 0 aliphatic heterocycles. The van der Waals surface area contributed by atoms with Gasteiger partial charge in [0, 0.05) is 23.2 Å². The summed E-state index contributed by atoms with van der Waals surface area (Å²) >= 11 is 2.97. The van der Waals surface area contributed by atoms with Crippen LogP contribution in [-0.4, -0.2) is 45.0 Å². The molecule has 4 rings (SSSR count). The third-order valence-corrected chi connectivity index (χ3v) is 6.54. The largest absolute Gasteiger partial charge is 0.467 e. The Kier molecular flexibility index (Phi) is 6.85. The molecule has 0 fully saturated rings. The Bertz CT molecular complexity index is 1250. The zero-order valence-corrected chi connectivity index (χ0v) is 19.8. The maximum atomic E-state index is 12.6. The number of pyridine rings is 2. The van der Waals surface area contributed by atoms with Gasteiger partial charge in [0.2, 0.25) is 0 Å². The van der Waals surface area contributed by atoms with Crippen molar-refractivity contribution in [3.8, 4) is 32.8 Å². The molecule has 0 unspecified atom stereocenters. The Morgan fingerprint density at radius 1 is 0.909 bits per heavy atom. The van der Waals surface area contributed by atoms with Crippen molar-refractivity contribution in [2.75, 3.05) is 7.11 Å². The lowest BCUT2D eigenvalue weighted by atomic mass is 10.0. The van der Waals surface area contributed by atoms with E-state index >= 15 is 0 Å². The van der Waals surface area contributed by atoms with Gasteiger partial charge in [-0.25, -0.2) is 14.8 Å². The first-order valence-corrected chi connectivity index (χ1v) is 11.9. The molecule has 0 aliphatic rings. The number of nitrogens with zero attached hydrogens (tertiary/aromatic N) is 4. The Morgan fingerprint density at radius 2 is 1.58 bits per heavy atom. The second-order valence-electron chi connectivity index (χ2n) is 7.44. The quantitative estimate of drug-likeness (QED) is 0.393. The number of hydrogen-bond acceptors (Lipinski definition) is 9. The molecule has 0 bridgehead atoms. The SMILES string of the molecule is COC(=O)[C@@H](NC(=O)c1ccc(-c2nc(-c3csc(-c4ccccn4)n3)cs2)nc1)C(C)C. The number of methoxy groups -OCH3 is 1. The summed E-state index contributed by atoms with van der Waals surface area (Å²) in [6.45, 7) is 3.68. The van der Waals surface area contributed by atoms with Crippen LogP contribution < -0.4 is 5.32 Å². The van der Waals surface area contributed by atoms with Crippen LogP contribution in [0.25, 0.3) is 32.8 Å². The van der Waals surface area contributed by atoms with Crippen molar-refractivity contribution in [2.24, 2.45) is 5.92 Å². The van der Waals surface area contributed by atoms with Gasteiger partial charge in [-0.15, -0.1) is 22.7 Å². The minimum atomic E-state index is -0.724. The molecule has 4 heterocycles. The summed E-state index contributed by atoms with van der Waals surface area (Å²) in [5.41, 5.74) is 3.36. The van der Waals surface area contributed by atoms with Crippen molar-refractivity contribution in [2.45, 2.75) is 19.9 Å². The van der Waals surface area contributed by atoms with Gasteiger partial charge in [0.1, 0.15) is 27.4 Å². The summed E-state index contributed by atoms with van der Waals surface area (Å²) in [6, 6.07) is 8.39. The summed E-state index contributed by atoms with van der Waals surface area (Å²) in [4.78, 5) is 42.5. The molecule has 0 saturated carbocycles. The van der Waals surface area contributed by atoms with Crippen molar-refractivity contribution in [3.63, 3.8) is 0 Å². The van der Waals surface area contributed by atoms with Crippen LogP contribution in [-0.2, 0) is 9.53 Å². The average Bonchev–Trinajstić information content (AvgIpc) is 3.52. The predicted octanol–water partition coefficient (Wildman–Crippen LogP) is 4.32.